The van der Waals surface area contributed by atoms with Crippen molar-refractivity contribution >= 4 is 47.5 Å². The van der Waals surface area contributed by atoms with Crippen LogP contribution in [0.15, 0.2) is 48.5 Å². The quantitative estimate of drug-likeness (QED) is 0.234. The van der Waals surface area contributed by atoms with Gasteiger partial charge in [-0.3, -0.25) is 24.6 Å². The maximum atomic E-state index is 13.7. The van der Waals surface area contributed by atoms with Crippen molar-refractivity contribution in [3.05, 3.63) is 59.7 Å². The molecule has 4 N–H and O–H groups in total. The summed E-state index contributed by atoms with van der Waals surface area (Å²) in [7, 11) is 0. The Morgan fingerprint density at radius 1 is 0.891 bits per heavy atom. The number of aromatic nitrogens is 2. The van der Waals surface area contributed by atoms with Gasteiger partial charge in [0.1, 0.15) is 17.2 Å². The second-order valence-corrected chi connectivity index (χ2v) is 13.0. The van der Waals surface area contributed by atoms with Crippen LogP contribution in [0.1, 0.15) is 47.0 Å². The fraction of sp³-hybridized carbons (Fsp3) is 0.424. The number of aromatic hydroxyl groups is 1. The fourth-order valence-electron chi connectivity index (χ4n) is 7.28. The van der Waals surface area contributed by atoms with Crippen molar-refractivity contribution in [2.75, 3.05) is 61.3 Å². The number of para-hydroxylation sites is 1. The van der Waals surface area contributed by atoms with E-state index in [0.717, 1.165) is 75.6 Å². The van der Waals surface area contributed by atoms with E-state index in [1.807, 2.05) is 36.4 Å². The monoisotopic (exact) mass is 642 g/mol. The number of thiol groups is 1. The lowest BCUT2D eigenvalue weighted by Crippen LogP contribution is -2.53. The van der Waals surface area contributed by atoms with Crippen LogP contribution in [-0.4, -0.2) is 94.7 Å². The molecule has 3 aromatic rings. The number of amides is 3. The Labute approximate surface area is 272 Å². The number of benzene rings is 2. The first kappa shape index (κ1) is 30.3. The van der Waals surface area contributed by atoms with Gasteiger partial charge in [-0.2, -0.15) is 0 Å². The van der Waals surface area contributed by atoms with Gasteiger partial charge in [-0.1, -0.05) is 24.3 Å². The van der Waals surface area contributed by atoms with Crippen LogP contribution in [0.25, 0.3) is 11.3 Å². The van der Waals surface area contributed by atoms with Crippen molar-refractivity contribution in [1.29, 1.82) is 0 Å². The predicted molar refractivity (Wildman–Crippen MR) is 178 cm³/mol. The molecule has 3 amide bonds. The summed E-state index contributed by atoms with van der Waals surface area (Å²) >= 11 is 4.75. The molecule has 2 aromatic carbocycles. The molecule has 2 atom stereocenters. The zero-order chi connectivity index (χ0) is 31.9. The van der Waals surface area contributed by atoms with E-state index in [1.165, 1.54) is 4.90 Å². The number of piperazine rings is 1. The van der Waals surface area contributed by atoms with E-state index in [9.17, 15) is 19.5 Å². The highest BCUT2D eigenvalue weighted by Crippen LogP contribution is 2.43. The van der Waals surface area contributed by atoms with Gasteiger partial charge in [0.15, 0.2) is 5.82 Å². The van der Waals surface area contributed by atoms with Gasteiger partial charge in [0, 0.05) is 63.5 Å². The Hall–Kier alpha value is -4.36. The molecule has 7 rings (SSSR count). The van der Waals surface area contributed by atoms with Gasteiger partial charge < -0.3 is 25.5 Å². The molecule has 3 fully saturated rings. The van der Waals surface area contributed by atoms with Gasteiger partial charge >= 0.3 is 0 Å². The molecule has 0 bridgehead atoms. The van der Waals surface area contributed by atoms with Crippen LogP contribution in [0.5, 0.6) is 5.75 Å². The van der Waals surface area contributed by atoms with E-state index in [-0.39, 0.29) is 24.0 Å². The highest BCUT2D eigenvalue weighted by Gasteiger charge is 2.45. The number of phenolic OH excluding ortho intramolecular Hbond substituents is 1. The molecule has 46 heavy (non-hydrogen) atoms. The van der Waals surface area contributed by atoms with Crippen molar-refractivity contribution in [3.63, 3.8) is 0 Å². The second-order valence-electron chi connectivity index (χ2n) is 12.5. The van der Waals surface area contributed by atoms with Crippen molar-refractivity contribution in [3.8, 4) is 17.0 Å². The number of rotatable bonds is 6. The summed E-state index contributed by atoms with van der Waals surface area (Å²) in [5.74, 6) is 0.160. The van der Waals surface area contributed by atoms with Crippen LogP contribution in [0, 0.1) is 5.92 Å². The van der Waals surface area contributed by atoms with Crippen LogP contribution in [0.2, 0.25) is 0 Å². The lowest BCUT2D eigenvalue weighted by molar-refractivity contribution is -0.137. The van der Waals surface area contributed by atoms with Crippen LogP contribution in [-0.2, 0) is 9.59 Å². The molecular weight excluding hydrogens is 604 g/mol. The molecule has 4 aliphatic heterocycles. The minimum absolute atomic E-state index is 0.159. The van der Waals surface area contributed by atoms with Gasteiger partial charge in [-0.05, 0) is 55.0 Å². The molecule has 5 heterocycles. The van der Waals surface area contributed by atoms with Crippen LogP contribution in [0.3, 0.4) is 0 Å². The number of carbonyl (C=O) groups excluding carboxylic acids is 3. The number of anilines is 3. The summed E-state index contributed by atoms with van der Waals surface area (Å²) in [5.41, 5.74) is 10.6. The smallest absolute Gasteiger partial charge is 0.258 e. The number of carbonyl (C=O) groups is 3. The van der Waals surface area contributed by atoms with Crippen LogP contribution >= 0.6 is 12.6 Å². The number of nitrogens with one attached hydrogen (secondary N) is 1. The van der Waals surface area contributed by atoms with Crippen molar-refractivity contribution in [2.45, 2.75) is 37.1 Å². The number of nitrogens with zero attached hydrogens (tertiary/aromatic N) is 6. The van der Waals surface area contributed by atoms with Gasteiger partial charge in [0.2, 0.25) is 11.8 Å². The van der Waals surface area contributed by atoms with Crippen molar-refractivity contribution in [1.82, 2.24) is 25.3 Å². The number of hydrogen-bond donors (Lipinski definition) is 4. The fourth-order valence-corrected chi connectivity index (χ4v) is 7.76. The molecule has 4 aliphatic rings. The average molecular weight is 643 g/mol. The summed E-state index contributed by atoms with van der Waals surface area (Å²) in [5, 5.41) is 20.5. The molecule has 0 aliphatic carbocycles. The number of fused-ring (bicyclic) bond motifs is 1. The average Bonchev–Trinajstić information content (AvgIpc) is 3.32. The Balaban J connectivity index is 0.953. The highest BCUT2D eigenvalue weighted by molar-refractivity contribution is 7.80. The number of imide groups is 1. The lowest BCUT2D eigenvalue weighted by Gasteiger charge is -2.40. The highest BCUT2D eigenvalue weighted by atomic mass is 32.1. The Kier molecular flexibility index (Phi) is 8.20. The van der Waals surface area contributed by atoms with Gasteiger partial charge in [0.05, 0.1) is 16.9 Å². The van der Waals surface area contributed by atoms with E-state index >= 15 is 0 Å². The predicted octanol–water partition coefficient (Wildman–Crippen LogP) is 2.66. The second kappa shape index (κ2) is 12.4. The molecule has 240 valence electrons. The SMILES string of the molecule is Nc1nnc(-c2ccccc2O)cc1N1CCN(CC2CCN(c3cccc4c3C(=O)N(C3CCC(=O)NC3=O)C4S)CC2)CC1. The molecular formula is C33H38N8O4S. The molecule has 12 nitrogen and oxygen atoms in total. The first-order valence-electron chi connectivity index (χ1n) is 15.9. The molecule has 0 radical (unpaired) electrons. The molecule has 0 saturated carbocycles. The normalized spacial score (nSPS) is 22.7. The standard InChI is InChI=1S/C33H38N8O4S/c34-30-26(18-23(36-37-30)21-4-1-2-7-27(21)42)40-16-14-38(15-17-40)19-20-10-12-39(13-11-20)24-6-3-5-22-29(24)32(45)41(33(22)46)25-8-9-28(43)35-31(25)44/h1-7,18,20,25,33,42,46H,8-17,19H2,(H2,34,37)(H,35,43,44). The summed E-state index contributed by atoms with van der Waals surface area (Å²) < 4.78 is 0. The Morgan fingerprint density at radius 2 is 1.63 bits per heavy atom. The number of hydrogen-bond acceptors (Lipinski definition) is 11. The zero-order valence-corrected chi connectivity index (χ0v) is 26.4. The molecule has 13 heteroatoms. The molecule has 1 aromatic heterocycles. The summed E-state index contributed by atoms with van der Waals surface area (Å²) in [4.78, 5) is 46.6. The molecule has 2 unspecified atom stereocenters. The van der Waals surface area contributed by atoms with E-state index in [1.54, 1.807) is 12.1 Å². The maximum Gasteiger partial charge on any atom is 0.258 e. The van der Waals surface area contributed by atoms with Gasteiger partial charge in [-0.25, -0.2) is 0 Å². The third kappa shape index (κ3) is 5.62. The van der Waals surface area contributed by atoms with E-state index in [0.29, 0.717) is 35.0 Å². The Morgan fingerprint density at radius 3 is 2.37 bits per heavy atom. The first-order valence-corrected chi connectivity index (χ1v) is 16.4. The summed E-state index contributed by atoms with van der Waals surface area (Å²) in [6.45, 7) is 6.17. The number of phenols is 1. The van der Waals surface area contributed by atoms with Crippen molar-refractivity contribution in [2.24, 2.45) is 5.92 Å². The molecule has 3 saturated heterocycles. The summed E-state index contributed by atoms with van der Waals surface area (Å²) in [6, 6.07) is 14.2. The van der Waals surface area contributed by atoms with Crippen LogP contribution < -0.4 is 20.9 Å². The Bertz CT molecular complexity index is 1670. The van der Waals surface area contributed by atoms with E-state index < -0.39 is 17.3 Å². The third-order valence-electron chi connectivity index (χ3n) is 9.78. The zero-order valence-electron chi connectivity index (χ0n) is 25.5. The van der Waals surface area contributed by atoms with Crippen molar-refractivity contribution < 1.29 is 19.5 Å². The van der Waals surface area contributed by atoms with E-state index in [2.05, 4.69) is 30.2 Å². The lowest BCUT2D eigenvalue weighted by atomic mass is 9.94. The number of nitrogen functional groups attached to an aromatic ring is 1. The number of nitrogens with two attached hydrogens (primary N) is 1. The van der Waals surface area contributed by atoms with Gasteiger partial charge in [-0.15, -0.1) is 22.8 Å². The van der Waals surface area contributed by atoms with Gasteiger partial charge in [0.25, 0.3) is 5.91 Å². The first-order chi connectivity index (χ1) is 22.3. The minimum Gasteiger partial charge on any atom is -0.507 e. The number of piperidine rings is 2. The van der Waals surface area contributed by atoms with Crippen LogP contribution in [0.4, 0.5) is 17.2 Å². The molecule has 0 spiro atoms. The third-order valence-corrected chi connectivity index (χ3v) is 10.3. The summed E-state index contributed by atoms with van der Waals surface area (Å²) in [6.07, 6.45) is 2.55. The van der Waals surface area contributed by atoms with E-state index in [4.69, 9.17) is 18.4 Å². The topological polar surface area (TPSA) is 148 Å². The largest absolute Gasteiger partial charge is 0.507 e. The minimum atomic E-state index is -0.704. The maximum absolute atomic E-state index is 13.7.